The summed E-state index contributed by atoms with van der Waals surface area (Å²) in [4.78, 5) is 19.3. The first-order valence-electron chi connectivity index (χ1n) is 8.62. The van der Waals surface area contributed by atoms with Gasteiger partial charge in [0.15, 0.2) is 0 Å². The molecule has 1 N–H and O–H groups in total. The second-order valence-electron chi connectivity index (χ2n) is 6.55. The number of anilines is 1. The highest BCUT2D eigenvalue weighted by molar-refractivity contribution is 7.18. The van der Waals surface area contributed by atoms with Gasteiger partial charge in [-0.05, 0) is 56.0 Å². The van der Waals surface area contributed by atoms with Crippen LogP contribution in [0, 0.1) is 13.8 Å². The standard InChI is InChI=1S/C20H21N3OS/c1-13-6-3-4-7-16(13)18-8-5-11-23(18)20(24)22-15-9-10-19-17(12-15)21-14(2)25-19/h3-4,6-7,9-10,12,18H,5,8,11H2,1-2H3,(H,22,24)/t18-/m1/s1. The molecule has 1 fully saturated rings. The van der Waals surface area contributed by atoms with Crippen LogP contribution in [0.5, 0.6) is 0 Å². The van der Waals surface area contributed by atoms with Gasteiger partial charge in [-0.3, -0.25) is 0 Å². The van der Waals surface area contributed by atoms with Gasteiger partial charge in [0.05, 0.1) is 21.3 Å². The van der Waals surface area contributed by atoms with Crippen molar-refractivity contribution in [3.05, 3.63) is 58.6 Å². The lowest BCUT2D eigenvalue weighted by Crippen LogP contribution is -2.34. The second kappa shape index (κ2) is 6.48. The molecule has 0 unspecified atom stereocenters. The molecule has 25 heavy (non-hydrogen) atoms. The predicted octanol–water partition coefficient (Wildman–Crippen LogP) is 5.28. The van der Waals surface area contributed by atoms with Gasteiger partial charge in [-0.15, -0.1) is 11.3 Å². The quantitative estimate of drug-likeness (QED) is 0.682. The second-order valence-corrected chi connectivity index (χ2v) is 7.79. The van der Waals surface area contributed by atoms with Crippen molar-refractivity contribution in [2.75, 3.05) is 11.9 Å². The number of hydrogen-bond donors (Lipinski definition) is 1. The smallest absolute Gasteiger partial charge is 0.317 e. The van der Waals surface area contributed by atoms with Gasteiger partial charge in [-0.1, -0.05) is 24.3 Å². The Hall–Kier alpha value is -2.40. The van der Waals surface area contributed by atoms with Crippen LogP contribution in [0.25, 0.3) is 10.2 Å². The SMILES string of the molecule is Cc1nc2cc(NC(=O)N3CCC[C@@H]3c3ccccc3C)ccc2s1. The Balaban J connectivity index is 1.55. The third-order valence-corrected chi connectivity index (χ3v) is 5.76. The van der Waals surface area contributed by atoms with Gasteiger partial charge in [0.25, 0.3) is 0 Å². The van der Waals surface area contributed by atoms with Crippen molar-refractivity contribution in [2.45, 2.75) is 32.7 Å². The van der Waals surface area contributed by atoms with Gasteiger partial charge in [0.2, 0.25) is 0 Å². The summed E-state index contributed by atoms with van der Waals surface area (Å²) < 4.78 is 1.15. The molecular weight excluding hydrogens is 330 g/mol. The van der Waals surface area contributed by atoms with E-state index in [-0.39, 0.29) is 12.1 Å². The summed E-state index contributed by atoms with van der Waals surface area (Å²) in [6, 6.07) is 14.4. The highest BCUT2D eigenvalue weighted by Gasteiger charge is 2.30. The van der Waals surface area contributed by atoms with Gasteiger partial charge in [-0.25, -0.2) is 9.78 Å². The Morgan fingerprint density at radius 2 is 2.08 bits per heavy atom. The monoisotopic (exact) mass is 351 g/mol. The molecule has 1 aliphatic heterocycles. The third-order valence-electron chi connectivity index (χ3n) is 4.81. The molecule has 1 saturated heterocycles. The Bertz CT molecular complexity index is 934. The van der Waals surface area contributed by atoms with E-state index in [4.69, 9.17) is 0 Å². The lowest BCUT2D eigenvalue weighted by atomic mass is 9.99. The first-order valence-corrected chi connectivity index (χ1v) is 9.44. The van der Waals surface area contributed by atoms with E-state index in [0.29, 0.717) is 0 Å². The summed E-state index contributed by atoms with van der Waals surface area (Å²) in [6.45, 7) is 4.91. The van der Waals surface area contributed by atoms with E-state index >= 15 is 0 Å². The van der Waals surface area contributed by atoms with E-state index in [1.807, 2.05) is 36.1 Å². The minimum atomic E-state index is -0.0305. The largest absolute Gasteiger partial charge is 0.322 e. The fourth-order valence-corrected chi connectivity index (χ4v) is 4.42. The molecule has 0 saturated carbocycles. The number of likely N-dealkylation sites (tertiary alicyclic amines) is 1. The number of carbonyl (C=O) groups excluding carboxylic acids is 1. The van der Waals surface area contributed by atoms with Crippen LogP contribution in [0.1, 0.15) is 35.0 Å². The van der Waals surface area contributed by atoms with E-state index in [0.717, 1.165) is 40.3 Å². The molecule has 0 radical (unpaired) electrons. The maximum Gasteiger partial charge on any atom is 0.322 e. The molecule has 2 amide bonds. The normalized spacial score (nSPS) is 17.2. The topological polar surface area (TPSA) is 45.2 Å². The molecule has 0 bridgehead atoms. The average Bonchev–Trinajstić information content (AvgIpc) is 3.20. The van der Waals surface area contributed by atoms with Crippen LogP contribution in [-0.2, 0) is 0 Å². The Kier molecular flexibility index (Phi) is 4.17. The van der Waals surface area contributed by atoms with Crippen molar-refractivity contribution < 1.29 is 4.79 Å². The number of thiazole rings is 1. The molecule has 2 heterocycles. The molecule has 0 spiro atoms. The molecule has 128 valence electrons. The third kappa shape index (κ3) is 3.12. The highest BCUT2D eigenvalue weighted by Crippen LogP contribution is 2.34. The van der Waals surface area contributed by atoms with E-state index < -0.39 is 0 Å². The zero-order chi connectivity index (χ0) is 17.4. The molecule has 4 rings (SSSR count). The number of aryl methyl sites for hydroxylation is 2. The summed E-state index contributed by atoms with van der Waals surface area (Å²) >= 11 is 1.67. The lowest BCUT2D eigenvalue weighted by molar-refractivity contribution is 0.207. The highest BCUT2D eigenvalue weighted by atomic mass is 32.1. The Labute approximate surface area is 151 Å². The molecule has 0 aliphatic carbocycles. The lowest BCUT2D eigenvalue weighted by Gasteiger charge is -2.26. The number of urea groups is 1. The van der Waals surface area contributed by atoms with Crippen molar-refractivity contribution >= 4 is 33.3 Å². The molecule has 3 aromatic rings. The average molecular weight is 351 g/mol. The van der Waals surface area contributed by atoms with Crippen LogP contribution in [0.15, 0.2) is 42.5 Å². The summed E-state index contributed by atoms with van der Waals surface area (Å²) in [5, 5.41) is 4.10. The summed E-state index contributed by atoms with van der Waals surface area (Å²) in [5.41, 5.74) is 4.24. The number of carbonyl (C=O) groups is 1. The van der Waals surface area contributed by atoms with Gasteiger partial charge < -0.3 is 10.2 Å². The van der Waals surface area contributed by atoms with Crippen LogP contribution < -0.4 is 5.32 Å². The van der Waals surface area contributed by atoms with Crippen LogP contribution >= 0.6 is 11.3 Å². The summed E-state index contributed by atoms with van der Waals surface area (Å²) in [6.07, 6.45) is 2.05. The Morgan fingerprint density at radius 1 is 1.24 bits per heavy atom. The van der Waals surface area contributed by atoms with Crippen molar-refractivity contribution in [3.63, 3.8) is 0 Å². The van der Waals surface area contributed by atoms with Gasteiger partial charge in [0.1, 0.15) is 0 Å². The maximum atomic E-state index is 12.8. The van der Waals surface area contributed by atoms with Crippen molar-refractivity contribution in [1.82, 2.24) is 9.88 Å². The van der Waals surface area contributed by atoms with Gasteiger partial charge in [-0.2, -0.15) is 0 Å². The summed E-state index contributed by atoms with van der Waals surface area (Å²) in [7, 11) is 0. The van der Waals surface area contributed by atoms with Crippen molar-refractivity contribution in [3.8, 4) is 0 Å². The minimum absolute atomic E-state index is 0.0305. The molecule has 1 aliphatic rings. The van der Waals surface area contributed by atoms with Crippen molar-refractivity contribution in [2.24, 2.45) is 0 Å². The molecule has 4 nitrogen and oxygen atoms in total. The zero-order valence-electron chi connectivity index (χ0n) is 14.5. The fourth-order valence-electron chi connectivity index (χ4n) is 3.61. The molecular formula is C20H21N3OS. The van der Waals surface area contributed by atoms with Crippen LogP contribution in [0.4, 0.5) is 10.5 Å². The number of benzene rings is 2. The molecule has 1 aromatic heterocycles. The number of fused-ring (bicyclic) bond motifs is 1. The molecule has 1 atom stereocenters. The molecule has 5 heteroatoms. The number of nitrogens with zero attached hydrogens (tertiary/aromatic N) is 2. The van der Waals surface area contributed by atoms with E-state index in [9.17, 15) is 4.79 Å². The number of rotatable bonds is 2. The van der Waals surface area contributed by atoms with E-state index in [1.54, 1.807) is 11.3 Å². The van der Waals surface area contributed by atoms with E-state index in [1.165, 1.54) is 11.1 Å². The summed E-state index contributed by atoms with van der Waals surface area (Å²) in [5.74, 6) is 0. The van der Waals surface area contributed by atoms with Crippen LogP contribution in [-0.4, -0.2) is 22.5 Å². The van der Waals surface area contributed by atoms with E-state index in [2.05, 4.69) is 35.4 Å². The van der Waals surface area contributed by atoms with Crippen LogP contribution in [0.3, 0.4) is 0 Å². The van der Waals surface area contributed by atoms with Gasteiger partial charge >= 0.3 is 6.03 Å². The molecule has 2 aromatic carbocycles. The zero-order valence-corrected chi connectivity index (χ0v) is 15.3. The number of amides is 2. The number of nitrogens with one attached hydrogen (secondary N) is 1. The Morgan fingerprint density at radius 3 is 2.92 bits per heavy atom. The number of hydrogen-bond acceptors (Lipinski definition) is 3. The fraction of sp³-hybridized carbons (Fsp3) is 0.300. The van der Waals surface area contributed by atoms with Gasteiger partial charge in [0, 0.05) is 12.2 Å². The van der Waals surface area contributed by atoms with Crippen molar-refractivity contribution in [1.29, 1.82) is 0 Å². The maximum absolute atomic E-state index is 12.8. The van der Waals surface area contributed by atoms with Crippen LogP contribution in [0.2, 0.25) is 0 Å². The minimum Gasteiger partial charge on any atom is -0.317 e. The first-order chi connectivity index (χ1) is 12.1. The first kappa shape index (κ1) is 16.1. The predicted molar refractivity (Wildman–Crippen MR) is 103 cm³/mol. The number of aromatic nitrogens is 1.